The predicted molar refractivity (Wildman–Crippen MR) is 115 cm³/mol. The molecule has 1 amide bonds. The highest BCUT2D eigenvalue weighted by Crippen LogP contribution is 2.35. The predicted octanol–water partition coefficient (Wildman–Crippen LogP) is 4.78. The third kappa shape index (κ3) is 5.32. The van der Waals surface area contributed by atoms with Crippen LogP contribution in [0.4, 0.5) is 5.69 Å². The van der Waals surface area contributed by atoms with Gasteiger partial charge in [0.15, 0.2) is 5.78 Å². The summed E-state index contributed by atoms with van der Waals surface area (Å²) in [6.07, 6.45) is 0. The van der Waals surface area contributed by atoms with Crippen LogP contribution in [0.2, 0.25) is 0 Å². The summed E-state index contributed by atoms with van der Waals surface area (Å²) in [4.78, 5) is 29.3. The van der Waals surface area contributed by atoms with Crippen LogP contribution in [0.1, 0.15) is 54.7 Å². The quantitative estimate of drug-likeness (QED) is 0.453. The van der Waals surface area contributed by atoms with Gasteiger partial charge in [-0.15, -0.1) is 5.10 Å². The molecule has 1 heterocycles. The molecule has 0 radical (unpaired) electrons. The van der Waals surface area contributed by atoms with E-state index in [1.165, 1.54) is 18.7 Å². The number of Topliss-reactive ketones (excluding diaryl/α,β-unsaturated/α-hetero) is 1. The van der Waals surface area contributed by atoms with Crippen LogP contribution >= 0.6 is 11.8 Å². The van der Waals surface area contributed by atoms with E-state index in [1.54, 1.807) is 24.3 Å². The van der Waals surface area contributed by atoms with Gasteiger partial charge in [0, 0.05) is 16.7 Å². The Morgan fingerprint density at radius 2 is 1.79 bits per heavy atom. The average molecular weight is 409 g/mol. The summed E-state index contributed by atoms with van der Waals surface area (Å²) in [7, 11) is 0. The van der Waals surface area contributed by atoms with Gasteiger partial charge < -0.3 is 5.32 Å². The van der Waals surface area contributed by atoms with E-state index in [2.05, 4.69) is 20.5 Å². The highest BCUT2D eigenvalue weighted by molar-refractivity contribution is 8.00. The maximum Gasteiger partial charge on any atom is 0.242 e. The Labute approximate surface area is 174 Å². The normalized spacial score (nSPS) is 12.4. The number of carbonyl (C=O) groups excluding carboxylic acids is 2. The van der Waals surface area contributed by atoms with Gasteiger partial charge in [-0.3, -0.25) is 14.7 Å². The van der Waals surface area contributed by atoms with E-state index < -0.39 is 5.25 Å². The number of carbonyl (C=O) groups is 2. The van der Waals surface area contributed by atoms with Crippen LogP contribution in [0, 0.1) is 0 Å². The largest absolute Gasteiger partial charge is 0.325 e. The van der Waals surface area contributed by atoms with Crippen molar-refractivity contribution < 1.29 is 9.59 Å². The van der Waals surface area contributed by atoms with Gasteiger partial charge in [-0.2, -0.15) is 0 Å². The zero-order valence-electron chi connectivity index (χ0n) is 16.9. The molecule has 0 saturated heterocycles. The zero-order chi connectivity index (χ0) is 21.0. The van der Waals surface area contributed by atoms with Crippen LogP contribution < -0.4 is 5.32 Å². The molecular formula is C22H24N4O2S. The van der Waals surface area contributed by atoms with Gasteiger partial charge in [-0.25, -0.2) is 4.98 Å². The van der Waals surface area contributed by atoms with E-state index in [9.17, 15) is 9.59 Å². The fraction of sp³-hybridized carbons (Fsp3) is 0.273. The molecule has 7 heteroatoms. The number of benzene rings is 2. The summed E-state index contributed by atoms with van der Waals surface area (Å²) in [6, 6.07) is 16.4. The van der Waals surface area contributed by atoms with E-state index in [-0.39, 0.29) is 17.1 Å². The number of anilines is 1. The highest BCUT2D eigenvalue weighted by Gasteiger charge is 2.26. The number of aromatic amines is 1. The maximum atomic E-state index is 13.1. The molecule has 0 aliphatic rings. The molecule has 0 saturated carbocycles. The minimum absolute atomic E-state index is 0.0504. The van der Waals surface area contributed by atoms with Gasteiger partial charge in [-0.05, 0) is 24.6 Å². The third-order valence-electron chi connectivity index (χ3n) is 4.28. The Kier molecular flexibility index (Phi) is 6.17. The van der Waals surface area contributed by atoms with E-state index in [0.29, 0.717) is 16.4 Å². The number of nitrogens with zero attached hydrogens (tertiary/aromatic N) is 2. The van der Waals surface area contributed by atoms with E-state index in [4.69, 9.17) is 0 Å². The smallest absolute Gasteiger partial charge is 0.242 e. The first kappa shape index (κ1) is 20.8. The first-order chi connectivity index (χ1) is 13.7. The fourth-order valence-corrected chi connectivity index (χ4v) is 3.58. The highest BCUT2D eigenvalue weighted by atomic mass is 32.2. The lowest BCUT2D eigenvalue weighted by Gasteiger charge is -2.16. The van der Waals surface area contributed by atoms with Crippen molar-refractivity contribution in [2.45, 2.75) is 43.5 Å². The van der Waals surface area contributed by atoms with Crippen molar-refractivity contribution in [3.63, 3.8) is 0 Å². The Bertz CT molecular complexity index is 1010. The number of hydrogen-bond donors (Lipinski definition) is 2. The summed E-state index contributed by atoms with van der Waals surface area (Å²) in [5, 5.41) is 10.1. The molecule has 0 aliphatic heterocycles. The maximum absolute atomic E-state index is 13.1. The fourth-order valence-electron chi connectivity index (χ4n) is 2.66. The Balaban J connectivity index is 1.86. The second-order valence-electron chi connectivity index (χ2n) is 7.75. The molecule has 2 N–H and O–H groups in total. The molecule has 0 aliphatic carbocycles. The molecule has 1 unspecified atom stereocenters. The van der Waals surface area contributed by atoms with E-state index in [1.807, 2.05) is 51.1 Å². The molecule has 0 spiro atoms. The number of ketones is 1. The lowest BCUT2D eigenvalue weighted by molar-refractivity contribution is -0.115. The van der Waals surface area contributed by atoms with Crippen LogP contribution in [0.5, 0.6) is 0 Å². The van der Waals surface area contributed by atoms with Crippen molar-refractivity contribution in [1.82, 2.24) is 15.2 Å². The van der Waals surface area contributed by atoms with Crippen LogP contribution in [0.15, 0.2) is 59.8 Å². The van der Waals surface area contributed by atoms with Gasteiger partial charge in [-0.1, -0.05) is 75.0 Å². The standard InChI is InChI=1S/C22H24N4O2S/c1-14(27)16-11-8-12-17(13-16)23-19(28)18(15-9-6-5-7-10-15)29-21-24-20(25-26-21)22(2,3)4/h5-13,18H,1-4H3,(H,23,28)(H,24,25,26). The van der Waals surface area contributed by atoms with Crippen LogP contribution in [-0.2, 0) is 10.2 Å². The number of H-pyrrole nitrogens is 1. The van der Waals surface area contributed by atoms with E-state index in [0.717, 1.165) is 11.4 Å². The van der Waals surface area contributed by atoms with Gasteiger partial charge in [0.1, 0.15) is 11.1 Å². The van der Waals surface area contributed by atoms with Gasteiger partial charge in [0.2, 0.25) is 11.1 Å². The Hall–Kier alpha value is -2.93. The lowest BCUT2D eigenvalue weighted by atomic mass is 9.96. The first-order valence-electron chi connectivity index (χ1n) is 9.30. The van der Waals surface area contributed by atoms with Gasteiger partial charge >= 0.3 is 0 Å². The van der Waals surface area contributed by atoms with Crippen molar-refractivity contribution in [2.75, 3.05) is 5.32 Å². The molecule has 1 aromatic heterocycles. The van der Waals surface area contributed by atoms with E-state index >= 15 is 0 Å². The summed E-state index contributed by atoms with van der Waals surface area (Å²) in [6.45, 7) is 7.64. The summed E-state index contributed by atoms with van der Waals surface area (Å²) < 4.78 is 0. The third-order valence-corrected chi connectivity index (χ3v) is 5.39. The SMILES string of the molecule is CC(=O)c1cccc(NC(=O)C(Sc2n[nH]c(C(C)(C)C)n2)c2ccccc2)c1. The van der Waals surface area contributed by atoms with Gasteiger partial charge in [0.05, 0.1) is 0 Å². The summed E-state index contributed by atoms with van der Waals surface area (Å²) in [5.41, 5.74) is 1.81. The molecule has 3 aromatic rings. The van der Waals surface area contributed by atoms with Crippen LogP contribution in [-0.4, -0.2) is 26.9 Å². The number of hydrogen-bond acceptors (Lipinski definition) is 5. The van der Waals surface area contributed by atoms with Crippen molar-refractivity contribution in [3.8, 4) is 0 Å². The van der Waals surface area contributed by atoms with Crippen molar-refractivity contribution in [1.29, 1.82) is 0 Å². The number of thioether (sulfide) groups is 1. The lowest BCUT2D eigenvalue weighted by Crippen LogP contribution is -2.19. The molecule has 0 bridgehead atoms. The van der Waals surface area contributed by atoms with Crippen molar-refractivity contribution in [2.24, 2.45) is 0 Å². The summed E-state index contributed by atoms with van der Waals surface area (Å²) in [5.74, 6) is 0.510. The van der Waals surface area contributed by atoms with Crippen LogP contribution in [0.3, 0.4) is 0 Å². The minimum Gasteiger partial charge on any atom is -0.325 e. The van der Waals surface area contributed by atoms with Crippen molar-refractivity contribution >= 4 is 29.1 Å². The Morgan fingerprint density at radius 3 is 2.41 bits per heavy atom. The number of aromatic nitrogens is 3. The number of amides is 1. The van der Waals surface area contributed by atoms with Gasteiger partial charge in [0.25, 0.3) is 0 Å². The zero-order valence-corrected chi connectivity index (χ0v) is 17.7. The molecule has 1 atom stereocenters. The minimum atomic E-state index is -0.541. The molecule has 2 aromatic carbocycles. The molecular weight excluding hydrogens is 384 g/mol. The second-order valence-corrected chi connectivity index (χ2v) is 8.82. The average Bonchev–Trinajstić information content (AvgIpc) is 3.16. The second kappa shape index (κ2) is 8.61. The Morgan fingerprint density at radius 1 is 1.07 bits per heavy atom. The molecule has 0 fully saturated rings. The molecule has 29 heavy (non-hydrogen) atoms. The molecule has 3 rings (SSSR count). The summed E-state index contributed by atoms with van der Waals surface area (Å²) >= 11 is 1.28. The molecule has 150 valence electrons. The van der Waals surface area contributed by atoms with Crippen LogP contribution in [0.25, 0.3) is 0 Å². The van der Waals surface area contributed by atoms with Crippen molar-refractivity contribution in [3.05, 3.63) is 71.5 Å². The number of rotatable bonds is 6. The monoisotopic (exact) mass is 408 g/mol. The first-order valence-corrected chi connectivity index (χ1v) is 10.2. The topological polar surface area (TPSA) is 87.7 Å². The number of nitrogens with one attached hydrogen (secondary N) is 2. The molecule has 6 nitrogen and oxygen atoms in total.